The van der Waals surface area contributed by atoms with Crippen molar-refractivity contribution < 1.29 is 9.59 Å². The SMILES string of the molecule is Cn1cccc1C(=O)N1CCC2(CC(=O)N(c3ccccn3)C2)C1. The quantitative estimate of drug-likeness (QED) is 0.845. The zero-order valence-corrected chi connectivity index (χ0v) is 13.7. The van der Waals surface area contributed by atoms with Crippen molar-refractivity contribution >= 4 is 17.6 Å². The van der Waals surface area contributed by atoms with E-state index in [1.807, 2.05) is 53.0 Å². The smallest absolute Gasteiger partial charge is 0.270 e. The van der Waals surface area contributed by atoms with Gasteiger partial charge in [-0.25, -0.2) is 4.98 Å². The number of aromatic nitrogens is 2. The summed E-state index contributed by atoms with van der Waals surface area (Å²) >= 11 is 0. The zero-order valence-electron chi connectivity index (χ0n) is 13.7. The number of carbonyl (C=O) groups excluding carboxylic acids is 2. The second kappa shape index (κ2) is 5.47. The first-order valence-corrected chi connectivity index (χ1v) is 8.20. The second-order valence-electron chi connectivity index (χ2n) is 6.83. The molecule has 124 valence electrons. The highest BCUT2D eigenvalue weighted by atomic mass is 16.2. The van der Waals surface area contributed by atoms with Crippen LogP contribution in [0.1, 0.15) is 23.3 Å². The summed E-state index contributed by atoms with van der Waals surface area (Å²) in [5.41, 5.74) is 0.549. The van der Waals surface area contributed by atoms with Crippen molar-refractivity contribution in [3.63, 3.8) is 0 Å². The third-order valence-electron chi connectivity index (χ3n) is 5.14. The van der Waals surface area contributed by atoms with Gasteiger partial charge in [-0.15, -0.1) is 0 Å². The van der Waals surface area contributed by atoms with Crippen molar-refractivity contribution in [1.82, 2.24) is 14.5 Å². The van der Waals surface area contributed by atoms with Crippen LogP contribution >= 0.6 is 0 Å². The molecule has 0 bridgehead atoms. The number of amides is 2. The van der Waals surface area contributed by atoms with E-state index >= 15 is 0 Å². The number of aryl methyl sites for hydroxylation is 1. The Morgan fingerprint density at radius 3 is 2.79 bits per heavy atom. The average molecular weight is 324 g/mol. The zero-order chi connectivity index (χ0) is 16.7. The fourth-order valence-corrected chi connectivity index (χ4v) is 3.85. The van der Waals surface area contributed by atoms with Crippen molar-refractivity contribution in [2.24, 2.45) is 12.5 Å². The van der Waals surface area contributed by atoms with E-state index < -0.39 is 0 Å². The molecule has 1 spiro atoms. The lowest BCUT2D eigenvalue weighted by atomic mass is 9.86. The average Bonchev–Trinajstić information content (AvgIpc) is 3.28. The van der Waals surface area contributed by atoms with Gasteiger partial charge in [-0.05, 0) is 30.7 Å². The Balaban J connectivity index is 1.51. The molecule has 0 radical (unpaired) electrons. The van der Waals surface area contributed by atoms with Crippen molar-refractivity contribution in [3.8, 4) is 0 Å². The molecule has 1 unspecified atom stereocenters. The van der Waals surface area contributed by atoms with Crippen LogP contribution in [-0.2, 0) is 11.8 Å². The summed E-state index contributed by atoms with van der Waals surface area (Å²) in [5, 5.41) is 0. The fraction of sp³-hybridized carbons (Fsp3) is 0.389. The Bertz CT molecular complexity index is 785. The number of hydrogen-bond acceptors (Lipinski definition) is 3. The Hall–Kier alpha value is -2.63. The van der Waals surface area contributed by atoms with Gasteiger partial charge in [0.2, 0.25) is 5.91 Å². The van der Waals surface area contributed by atoms with Gasteiger partial charge in [0.25, 0.3) is 5.91 Å². The monoisotopic (exact) mass is 324 g/mol. The molecule has 4 rings (SSSR count). The van der Waals surface area contributed by atoms with E-state index in [0.29, 0.717) is 37.6 Å². The third-order valence-corrected chi connectivity index (χ3v) is 5.14. The van der Waals surface area contributed by atoms with Crippen LogP contribution in [0.4, 0.5) is 5.82 Å². The van der Waals surface area contributed by atoms with Gasteiger partial charge in [-0.1, -0.05) is 6.07 Å². The largest absolute Gasteiger partial charge is 0.347 e. The highest BCUT2D eigenvalue weighted by Crippen LogP contribution is 2.41. The summed E-state index contributed by atoms with van der Waals surface area (Å²) in [6, 6.07) is 9.31. The summed E-state index contributed by atoms with van der Waals surface area (Å²) in [5.74, 6) is 0.844. The van der Waals surface area contributed by atoms with Gasteiger partial charge in [0, 0.05) is 50.9 Å². The van der Waals surface area contributed by atoms with Crippen molar-refractivity contribution in [2.45, 2.75) is 12.8 Å². The molecule has 6 nitrogen and oxygen atoms in total. The van der Waals surface area contributed by atoms with Crippen LogP contribution in [0.2, 0.25) is 0 Å². The maximum atomic E-state index is 12.7. The molecule has 2 aromatic rings. The summed E-state index contributed by atoms with van der Waals surface area (Å²) in [4.78, 5) is 33.1. The molecule has 1 atom stereocenters. The molecule has 2 aliphatic rings. The molecule has 24 heavy (non-hydrogen) atoms. The molecule has 2 saturated heterocycles. The van der Waals surface area contributed by atoms with Crippen LogP contribution in [-0.4, -0.2) is 45.9 Å². The number of hydrogen-bond donors (Lipinski definition) is 0. The first kappa shape index (κ1) is 14.9. The molecule has 0 aromatic carbocycles. The molecule has 6 heteroatoms. The molecule has 2 aliphatic heterocycles. The van der Waals surface area contributed by atoms with Crippen LogP contribution in [0.5, 0.6) is 0 Å². The minimum Gasteiger partial charge on any atom is -0.347 e. The lowest BCUT2D eigenvalue weighted by Gasteiger charge is -2.24. The van der Waals surface area contributed by atoms with Gasteiger partial charge in [0.15, 0.2) is 0 Å². The summed E-state index contributed by atoms with van der Waals surface area (Å²) < 4.78 is 1.84. The standard InChI is InChI=1S/C18H20N4O2/c1-20-9-4-5-14(20)17(24)21-10-7-18(12-21)11-16(23)22(13-18)15-6-2-3-8-19-15/h2-6,8-9H,7,10-13H2,1H3. The summed E-state index contributed by atoms with van der Waals surface area (Å²) in [6.07, 6.45) is 4.92. The minimum absolute atomic E-state index is 0.0445. The second-order valence-corrected chi connectivity index (χ2v) is 6.83. The number of likely N-dealkylation sites (tertiary alicyclic amines) is 1. The van der Waals surface area contributed by atoms with E-state index in [1.54, 1.807) is 11.1 Å². The van der Waals surface area contributed by atoms with Crippen molar-refractivity contribution in [2.75, 3.05) is 24.5 Å². The first-order valence-electron chi connectivity index (χ1n) is 8.20. The van der Waals surface area contributed by atoms with Gasteiger partial charge < -0.3 is 9.47 Å². The maximum absolute atomic E-state index is 12.7. The maximum Gasteiger partial charge on any atom is 0.270 e. The number of rotatable bonds is 2. The van der Waals surface area contributed by atoms with E-state index in [0.717, 1.165) is 6.42 Å². The predicted molar refractivity (Wildman–Crippen MR) is 89.6 cm³/mol. The van der Waals surface area contributed by atoms with E-state index in [9.17, 15) is 9.59 Å². The number of nitrogens with zero attached hydrogens (tertiary/aromatic N) is 4. The van der Waals surface area contributed by atoms with Crippen LogP contribution in [0.25, 0.3) is 0 Å². The molecule has 2 aromatic heterocycles. The minimum atomic E-state index is -0.143. The third kappa shape index (κ3) is 2.38. The molecule has 2 fully saturated rings. The van der Waals surface area contributed by atoms with Gasteiger partial charge in [0.1, 0.15) is 11.5 Å². The number of carbonyl (C=O) groups is 2. The van der Waals surface area contributed by atoms with Crippen molar-refractivity contribution in [3.05, 3.63) is 48.4 Å². The highest BCUT2D eigenvalue weighted by Gasteiger charge is 2.49. The lowest BCUT2D eigenvalue weighted by Crippen LogP contribution is -2.35. The topological polar surface area (TPSA) is 58.4 Å². The molecular weight excluding hydrogens is 304 g/mol. The molecule has 0 saturated carbocycles. The highest BCUT2D eigenvalue weighted by molar-refractivity contribution is 5.96. The Labute approximate surface area is 140 Å². The van der Waals surface area contributed by atoms with Crippen LogP contribution in [0.3, 0.4) is 0 Å². The summed E-state index contributed by atoms with van der Waals surface area (Å²) in [6.45, 7) is 1.97. The lowest BCUT2D eigenvalue weighted by molar-refractivity contribution is -0.117. The van der Waals surface area contributed by atoms with E-state index in [4.69, 9.17) is 0 Å². The Morgan fingerprint density at radius 1 is 1.21 bits per heavy atom. The van der Waals surface area contributed by atoms with Gasteiger partial charge in [-0.3, -0.25) is 14.5 Å². The molecule has 4 heterocycles. The first-order chi connectivity index (χ1) is 11.6. The van der Waals surface area contributed by atoms with Crippen molar-refractivity contribution in [1.29, 1.82) is 0 Å². The van der Waals surface area contributed by atoms with Gasteiger partial charge >= 0.3 is 0 Å². The number of anilines is 1. The Kier molecular flexibility index (Phi) is 3.40. The van der Waals surface area contributed by atoms with E-state index in [-0.39, 0.29) is 17.2 Å². The molecule has 2 amide bonds. The van der Waals surface area contributed by atoms with E-state index in [1.165, 1.54) is 0 Å². The van der Waals surface area contributed by atoms with Gasteiger partial charge in [-0.2, -0.15) is 0 Å². The summed E-state index contributed by atoms with van der Waals surface area (Å²) in [7, 11) is 1.88. The van der Waals surface area contributed by atoms with Crippen LogP contribution in [0, 0.1) is 5.41 Å². The molecule has 0 aliphatic carbocycles. The number of pyridine rings is 1. The normalized spacial score (nSPS) is 23.5. The molecular formula is C18H20N4O2. The van der Waals surface area contributed by atoms with E-state index in [2.05, 4.69) is 4.98 Å². The van der Waals surface area contributed by atoms with Gasteiger partial charge in [0.05, 0.1) is 0 Å². The predicted octanol–water partition coefficient (Wildman–Crippen LogP) is 1.69. The van der Waals surface area contributed by atoms with Crippen LogP contribution in [0.15, 0.2) is 42.7 Å². The molecule has 0 N–H and O–H groups in total. The Morgan fingerprint density at radius 2 is 2.08 bits per heavy atom. The fourth-order valence-electron chi connectivity index (χ4n) is 3.85. The van der Waals surface area contributed by atoms with Crippen LogP contribution < -0.4 is 4.90 Å².